The first-order valence-electron chi connectivity index (χ1n) is 8.93. The SMILES string of the molecule is CCCN(CCC)C(=O)c1cc(Nc2ccc(C)cc2C)nc(C)n1. The Morgan fingerprint density at radius 3 is 2.32 bits per heavy atom. The van der Waals surface area contributed by atoms with Gasteiger partial charge >= 0.3 is 0 Å². The highest BCUT2D eigenvalue weighted by molar-refractivity contribution is 5.93. The lowest BCUT2D eigenvalue weighted by Gasteiger charge is -2.21. The van der Waals surface area contributed by atoms with Crippen molar-refractivity contribution in [2.45, 2.75) is 47.5 Å². The molecule has 0 unspecified atom stereocenters. The number of anilines is 2. The van der Waals surface area contributed by atoms with Gasteiger partial charge in [-0.3, -0.25) is 4.79 Å². The zero-order valence-corrected chi connectivity index (χ0v) is 15.9. The van der Waals surface area contributed by atoms with E-state index in [-0.39, 0.29) is 5.91 Å². The van der Waals surface area contributed by atoms with Crippen molar-refractivity contribution in [1.82, 2.24) is 14.9 Å². The Morgan fingerprint density at radius 2 is 1.72 bits per heavy atom. The second-order valence-corrected chi connectivity index (χ2v) is 6.42. The van der Waals surface area contributed by atoms with Gasteiger partial charge in [0, 0.05) is 24.8 Å². The van der Waals surface area contributed by atoms with E-state index in [0.29, 0.717) is 17.3 Å². The van der Waals surface area contributed by atoms with Crippen LogP contribution in [-0.2, 0) is 0 Å². The van der Waals surface area contributed by atoms with E-state index in [0.717, 1.165) is 37.2 Å². The molecule has 0 spiro atoms. The van der Waals surface area contributed by atoms with Gasteiger partial charge < -0.3 is 10.2 Å². The number of aromatic nitrogens is 2. The van der Waals surface area contributed by atoms with Gasteiger partial charge in [-0.15, -0.1) is 0 Å². The molecule has 2 rings (SSSR count). The average Bonchev–Trinajstić information content (AvgIpc) is 2.56. The molecule has 0 aliphatic carbocycles. The van der Waals surface area contributed by atoms with Gasteiger partial charge in [0.1, 0.15) is 17.3 Å². The van der Waals surface area contributed by atoms with Crippen LogP contribution in [-0.4, -0.2) is 33.9 Å². The van der Waals surface area contributed by atoms with Crippen molar-refractivity contribution in [3.63, 3.8) is 0 Å². The van der Waals surface area contributed by atoms with Crippen LogP contribution in [0.4, 0.5) is 11.5 Å². The summed E-state index contributed by atoms with van der Waals surface area (Å²) in [6.07, 6.45) is 1.87. The molecule has 25 heavy (non-hydrogen) atoms. The van der Waals surface area contributed by atoms with Crippen molar-refractivity contribution in [2.75, 3.05) is 18.4 Å². The fourth-order valence-corrected chi connectivity index (χ4v) is 2.85. The molecule has 0 atom stereocenters. The molecular weight excluding hydrogens is 312 g/mol. The van der Waals surface area contributed by atoms with Crippen LogP contribution >= 0.6 is 0 Å². The minimum atomic E-state index is -0.0297. The van der Waals surface area contributed by atoms with Crippen LogP contribution in [0, 0.1) is 20.8 Å². The smallest absolute Gasteiger partial charge is 0.272 e. The highest BCUT2D eigenvalue weighted by atomic mass is 16.2. The van der Waals surface area contributed by atoms with Crippen molar-refractivity contribution in [3.05, 3.63) is 46.9 Å². The molecule has 1 aromatic heterocycles. The van der Waals surface area contributed by atoms with Crippen molar-refractivity contribution >= 4 is 17.4 Å². The maximum atomic E-state index is 12.8. The monoisotopic (exact) mass is 340 g/mol. The lowest BCUT2D eigenvalue weighted by atomic mass is 10.1. The van der Waals surface area contributed by atoms with Crippen LogP contribution in [0.15, 0.2) is 24.3 Å². The minimum Gasteiger partial charge on any atom is -0.340 e. The van der Waals surface area contributed by atoms with E-state index >= 15 is 0 Å². The van der Waals surface area contributed by atoms with Gasteiger partial charge in [-0.25, -0.2) is 9.97 Å². The van der Waals surface area contributed by atoms with Crippen molar-refractivity contribution < 1.29 is 4.79 Å². The molecular formula is C20H28N4O. The van der Waals surface area contributed by atoms with Crippen molar-refractivity contribution in [2.24, 2.45) is 0 Å². The second-order valence-electron chi connectivity index (χ2n) is 6.42. The Hall–Kier alpha value is -2.43. The van der Waals surface area contributed by atoms with Crippen LogP contribution in [0.5, 0.6) is 0 Å². The third-order valence-electron chi connectivity index (χ3n) is 3.98. The van der Waals surface area contributed by atoms with Crippen LogP contribution in [0.1, 0.15) is 54.1 Å². The number of benzene rings is 1. The summed E-state index contributed by atoms with van der Waals surface area (Å²) in [5.41, 5.74) is 3.79. The van der Waals surface area contributed by atoms with Gasteiger partial charge in [0.05, 0.1) is 0 Å². The lowest BCUT2D eigenvalue weighted by Crippen LogP contribution is -2.33. The number of hydrogen-bond donors (Lipinski definition) is 1. The largest absolute Gasteiger partial charge is 0.340 e. The summed E-state index contributed by atoms with van der Waals surface area (Å²) in [7, 11) is 0. The van der Waals surface area contributed by atoms with E-state index in [9.17, 15) is 4.79 Å². The van der Waals surface area contributed by atoms with Crippen LogP contribution < -0.4 is 5.32 Å². The summed E-state index contributed by atoms with van der Waals surface area (Å²) in [6.45, 7) is 11.6. The Balaban J connectivity index is 2.28. The molecule has 0 radical (unpaired) electrons. The van der Waals surface area contributed by atoms with E-state index in [1.54, 1.807) is 6.07 Å². The number of nitrogens with zero attached hydrogens (tertiary/aromatic N) is 3. The van der Waals surface area contributed by atoms with Gasteiger partial charge in [0.25, 0.3) is 5.91 Å². The Morgan fingerprint density at radius 1 is 1.04 bits per heavy atom. The number of aryl methyl sites for hydroxylation is 3. The first kappa shape index (κ1) is 18.9. The lowest BCUT2D eigenvalue weighted by molar-refractivity contribution is 0.0749. The van der Waals surface area contributed by atoms with E-state index in [1.165, 1.54) is 5.56 Å². The fourth-order valence-electron chi connectivity index (χ4n) is 2.85. The van der Waals surface area contributed by atoms with E-state index in [2.05, 4.69) is 55.1 Å². The second kappa shape index (κ2) is 8.60. The maximum Gasteiger partial charge on any atom is 0.272 e. The number of amides is 1. The highest BCUT2D eigenvalue weighted by Gasteiger charge is 2.17. The van der Waals surface area contributed by atoms with E-state index in [4.69, 9.17) is 0 Å². The summed E-state index contributed by atoms with van der Waals surface area (Å²) in [4.78, 5) is 23.5. The minimum absolute atomic E-state index is 0.0297. The molecule has 0 saturated heterocycles. The molecule has 1 N–H and O–H groups in total. The summed E-state index contributed by atoms with van der Waals surface area (Å²) in [5, 5.41) is 3.32. The number of rotatable bonds is 7. The summed E-state index contributed by atoms with van der Waals surface area (Å²) < 4.78 is 0. The van der Waals surface area contributed by atoms with Gasteiger partial charge in [-0.05, 0) is 45.2 Å². The topological polar surface area (TPSA) is 58.1 Å². The number of hydrogen-bond acceptors (Lipinski definition) is 4. The summed E-state index contributed by atoms with van der Waals surface area (Å²) >= 11 is 0. The average molecular weight is 340 g/mol. The molecule has 1 aromatic carbocycles. The highest BCUT2D eigenvalue weighted by Crippen LogP contribution is 2.21. The first-order valence-corrected chi connectivity index (χ1v) is 8.93. The maximum absolute atomic E-state index is 12.8. The molecule has 134 valence electrons. The standard InChI is InChI=1S/C20H28N4O/c1-6-10-24(11-7-2)20(25)18-13-19(22-16(5)21-18)23-17-9-8-14(3)12-15(17)4/h8-9,12-13H,6-7,10-11H2,1-5H3,(H,21,22,23). The molecule has 1 heterocycles. The van der Waals surface area contributed by atoms with Gasteiger partial charge in [0.15, 0.2) is 0 Å². The molecule has 1 amide bonds. The Labute approximate surface area is 150 Å². The number of carbonyl (C=O) groups excluding carboxylic acids is 1. The van der Waals surface area contributed by atoms with Crippen molar-refractivity contribution in [3.8, 4) is 0 Å². The molecule has 2 aromatic rings. The van der Waals surface area contributed by atoms with Crippen LogP contribution in [0.2, 0.25) is 0 Å². The fraction of sp³-hybridized carbons (Fsp3) is 0.450. The number of carbonyl (C=O) groups is 1. The quantitative estimate of drug-likeness (QED) is 0.811. The predicted octanol–water partition coefficient (Wildman–Crippen LogP) is 4.41. The van der Waals surface area contributed by atoms with Gasteiger partial charge in [0.2, 0.25) is 0 Å². The van der Waals surface area contributed by atoms with Crippen molar-refractivity contribution in [1.29, 1.82) is 0 Å². The van der Waals surface area contributed by atoms with Gasteiger partial charge in [-0.2, -0.15) is 0 Å². The number of nitrogens with one attached hydrogen (secondary N) is 1. The molecule has 0 saturated carbocycles. The molecule has 5 heteroatoms. The zero-order chi connectivity index (χ0) is 18.4. The summed E-state index contributed by atoms with van der Waals surface area (Å²) in [6, 6.07) is 7.95. The molecule has 0 bridgehead atoms. The zero-order valence-electron chi connectivity index (χ0n) is 15.9. The molecule has 5 nitrogen and oxygen atoms in total. The van der Waals surface area contributed by atoms with Gasteiger partial charge in [-0.1, -0.05) is 31.5 Å². The van der Waals surface area contributed by atoms with E-state index < -0.39 is 0 Å². The Bertz CT molecular complexity index is 736. The third-order valence-corrected chi connectivity index (χ3v) is 3.98. The Kier molecular flexibility index (Phi) is 6.51. The normalized spacial score (nSPS) is 10.6. The predicted molar refractivity (Wildman–Crippen MR) is 102 cm³/mol. The first-order chi connectivity index (χ1) is 11.9. The summed E-state index contributed by atoms with van der Waals surface area (Å²) in [5.74, 6) is 1.21. The molecule has 0 fully saturated rings. The third kappa shape index (κ3) is 5.02. The molecule has 0 aliphatic rings. The molecule has 0 aliphatic heterocycles. The van der Waals surface area contributed by atoms with E-state index in [1.807, 2.05) is 17.9 Å². The van der Waals surface area contributed by atoms with Crippen LogP contribution in [0.25, 0.3) is 0 Å². The van der Waals surface area contributed by atoms with Crippen LogP contribution in [0.3, 0.4) is 0 Å².